The number of nitrogens with one attached hydrogen (secondary N) is 1. The average molecular weight is 373 g/mol. The van der Waals surface area contributed by atoms with Crippen LogP contribution in [0, 0.1) is 0 Å². The number of benzene rings is 5. The van der Waals surface area contributed by atoms with Gasteiger partial charge >= 0.3 is 0 Å². The minimum Gasteiger partial charge on any atom is -0.378 e. The van der Waals surface area contributed by atoms with E-state index < -0.39 is 0 Å². The minimum atomic E-state index is 0.362. The molecular formula is C28H23N. The second kappa shape index (κ2) is 6.63. The first kappa shape index (κ1) is 16.6. The lowest BCUT2D eigenvalue weighted by molar-refractivity contribution is 0.604. The molecule has 0 heterocycles. The standard InChI is InChI=1S/C28H23N/c1-3-10-21-20(8-1)15-16-25-23-12-6-14-28(26(23)18-17-24(21)25)29-27-13-5-9-19-7-2-4-11-22(19)27/h1-5,7-11,13,15-18,28-29H,6,12,14H2. The zero-order chi connectivity index (χ0) is 19.2. The van der Waals surface area contributed by atoms with Crippen molar-refractivity contribution in [3.63, 3.8) is 0 Å². The van der Waals surface area contributed by atoms with Crippen LogP contribution in [-0.4, -0.2) is 0 Å². The summed E-state index contributed by atoms with van der Waals surface area (Å²) in [6, 6.07) is 33.6. The Labute approximate surface area is 171 Å². The fourth-order valence-corrected chi connectivity index (χ4v) is 5.10. The van der Waals surface area contributed by atoms with Crippen molar-refractivity contribution in [3.05, 3.63) is 102 Å². The third kappa shape index (κ3) is 2.69. The van der Waals surface area contributed by atoms with Gasteiger partial charge in [-0.1, -0.05) is 84.9 Å². The number of fused-ring (bicyclic) bond motifs is 6. The Kier molecular flexibility index (Phi) is 3.80. The van der Waals surface area contributed by atoms with Crippen molar-refractivity contribution in [2.75, 3.05) is 5.32 Å². The lowest BCUT2D eigenvalue weighted by atomic mass is 9.83. The predicted molar refractivity (Wildman–Crippen MR) is 125 cm³/mol. The number of aryl methyl sites for hydroxylation is 1. The molecule has 0 bridgehead atoms. The van der Waals surface area contributed by atoms with Gasteiger partial charge in [0.05, 0.1) is 6.04 Å². The summed E-state index contributed by atoms with van der Waals surface area (Å²) in [5.74, 6) is 0. The summed E-state index contributed by atoms with van der Waals surface area (Å²) in [6.07, 6.45) is 3.56. The third-order valence-electron chi connectivity index (χ3n) is 6.49. The van der Waals surface area contributed by atoms with E-state index in [9.17, 15) is 0 Å². The number of hydrogen-bond acceptors (Lipinski definition) is 1. The Hall–Kier alpha value is -3.32. The summed E-state index contributed by atoms with van der Waals surface area (Å²) >= 11 is 0. The molecular weight excluding hydrogens is 350 g/mol. The van der Waals surface area contributed by atoms with Gasteiger partial charge in [0.15, 0.2) is 0 Å². The second-order valence-electron chi connectivity index (χ2n) is 8.13. The van der Waals surface area contributed by atoms with Crippen LogP contribution >= 0.6 is 0 Å². The Morgan fingerprint density at radius 1 is 0.586 bits per heavy atom. The molecule has 0 saturated carbocycles. The van der Waals surface area contributed by atoms with Crippen molar-refractivity contribution in [1.29, 1.82) is 0 Å². The van der Waals surface area contributed by atoms with E-state index in [0.29, 0.717) is 6.04 Å². The van der Waals surface area contributed by atoms with Gasteiger partial charge < -0.3 is 5.32 Å². The molecule has 5 aromatic rings. The van der Waals surface area contributed by atoms with E-state index in [0.717, 1.165) is 0 Å². The number of hydrogen-bond donors (Lipinski definition) is 1. The molecule has 0 aliphatic heterocycles. The summed E-state index contributed by atoms with van der Waals surface area (Å²) in [5.41, 5.74) is 4.23. The lowest BCUT2D eigenvalue weighted by Crippen LogP contribution is -2.17. The second-order valence-corrected chi connectivity index (χ2v) is 8.13. The van der Waals surface area contributed by atoms with E-state index >= 15 is 0 Å². The van der Waals surface area contributed by atoms with Crippen LogP contribution in [0.5, 0.6) is 0 Å². The van der Waals surface area contributed by atoms with Gasteiger partial charge in [0.25, 0.3) is 0 Å². The van der Waals surface area contributed by atoms with Crippen LogP contribution < -0.4 is 5.32 Å². The number of anilines is 1. The first-order valence-electron chi connectivity index (χ1n) is 10.6. The molecule has 1 aliphatic rings. The largest absolute Gasteiger partial charge is 0.378 e. The zero-order valence-electron chi connectivity index (χ0n) is 16.4. The Morgan fingerprint density at radius 3 is 2.21 bits per heavy atom. The maximum Gasteiger partial charge on any atom is 0.0517 e. The maximum atomic E-state index is 3.88. The predicted octanol–water partition coefficient (Wildman–Crippen LogP) is 7.64. The molecule has 0 aromatic heterocycles. The van der Waals surface area contributed by atoms with Gasteiger partial charge in [-0.25, -0.2) is 0 Å². The number of rotatable bonds is 2. The van der Waals surface area contributed by atoms with Crippen molar-refractivity contribution in [1.82, 2.24) is 0 Å². The Morgan fingerprint density at radius 2 is 1.31 bits per heavy atom. The molecule has 140 valence electrons. The van der Waals surface area contributed by atoms with Crippen LogP contribution in [0.3, 0.4) is 0 Å². The summed E-state index contributed by atoms with van der Waals surface area (Å²) < 4.78 is 0. The highest BCUT2D eigenvalue weighted by atomic mass is 14.9. The van der Waals surface area contributed by atoms with Crippen LogP contribution in [-0.2, 0) is 6.42 Å². The fourth-order valence-electron chi connectivity index (χ4n) is 5.10. The van der Waals surface area contributed by atoms with E-state index in [1.807, 2.05) is 0 Å². The van der Waals surface area contributed by atoms with Crippen LogP contribution in [0.1, 0.15) is 30.0 Å². The quantitative estimate of drug-likeness (QED) is 0.314. The zero-order valence-corrected chi connectivity index (χ0v) is 16.4. The van der Waals surface area contributed by atoms with E-state index in [2.05, 4.69) is 96.3 Å². The van der Waals surface area contributed by atoms with Gasteiger partial charge in [-0.05, 0) is 63.4 Å². The molecule has 1 aliphatic carbocycles. The summed E-state index contributed by atoms with van der Waals surface area (Å²) in [4.78, 5) is 0. The highest BCUT2D eigenvalue weighted by Crippen LogP contribution is 2.39. The SMILES string of the molecule is c1ccc2c(NC3CCCc4c3ccc3c4ccc4ccccc43)cccc2c1. The van der Waals surface area contributed by atoms with Crippen LogP contribution in [0.2, 0.25) is 0 Å². The first-order valence-corrected chi connectivity index (χ1v) is 10.6. The summed E-state index contributed by atoms with van der Waals surface area (Å²) in [5, 5.41) is 12.0. The molecule has 29 heavy (non-hydrogen) atoms. The molecule has 0 fully saturated rings. The molecule has 0 radical (unpaired) electrons. The summed E-state index contributed by atoms with van der Waals surface area (Å²) in [6.45, 7) is 0. The molecule has 6 rings (SSSR count). The van der Waals surface area contributed by atoms with Crippen molar-refractivity contribution in [2.45, 2.75) is 25.3 Å². The van der Waals surface area contributed by atoms with Gasteiger partial charge in [0.1, 0.15) is 0 Å². The first-order chi connectivity index (χ1) is 14.4. The highest BCUT2D eigenvalue weighted by Gasteiger charge is 2.22. The minimum absolute atomic E-state index is 0.362. The highest BCUT2D eigenvalue weighted by molar-refractivity contribution is 6.08. The molecule has 1 heteroatoms. The topological polar surface area (TPSA) is 12.0 Å². The van der Waals surface area contributed by atoms with Crippen molar-refractivity contribution < 1.29 is 0 Å². The van der Waals surface area contributed by atoms with Gasteiger partial charge in [-0.2, -0.15) is 0 Å². The Balaban J connectivity index is 1.48. The van der Waals surface area contributed by atoms with Crippen LogP contribution in [0.15, 0.2) is 91.0 Å². The lowest BCUT2D eigenvalue weighted by Gasteiger charge is -2.29. The molecule has 1 atom stereocenters. The molecule has 5 aromatic carbocycles. The normalized spacial score (nSPS) is 16.2. The van der Waals surface area contributed by atoms with Crippen LogP contribution in [0.25, 0.3) is 32.3 Å². The van der Waals surface area contributed by atoms with E-state index in [4.69, 9.17) is 0 Å². The van der Waals surface area contributed by atoms with Crippen LogP contribution in [0.4, 0.5) is 5.69 Å². The molecule has 0 amide bonds. The van der Waals surface area contributed by atoms with E-state index in [1.54, 1.807) is 0 Å². The molecule has 0 spiro atoms. The van der Waals surface area contributed by atoms with Gasteiger partial charge in [-0.15, -0.1) is 0 Å². The van der Waals surface area contributed by atoms with Gasteiger partial charge in [0.2, 0.25) is 0 Å². The summed E-state index contributed by atoms with van der Waals surface area (Å²) in [7, 11) is 0. The molecule has 1 nitrogen and oxygen atoms in total. The van der Waals surface area contributed by atoms with E-state index in [1.165, 1.54) is 68.4 Å². The smallest absolute Gasteiger partial charge is 0.0517 e. The van der Waals surface area contributed by atoms with Crippen molar-refractivity contribution in [3.8, 4) is 0 Å². The van der Waals surface area contributed by atoms with Gasteiger partial charge in [-0.3, -0.25) is 0 Å². The maximum absolute atomic E-state index is 3.88. The van der Waals surface area contributed by atoms with Crippen molar-refractivity contribution in [2.24, 2.45) is 0 Å². The molecule has 1 unspecified atom stereocenters. The third-order valence-corrected chi connectivity index (χ3v) is 6.49. The van der Waals surface area contributed by atoms with E-state index in [-0.39, 0.29) is 0 Å². The fraction of sp³-hybridized carbons (Fsp3) is 0.143. The Bertz CT molecular complexity index is 1360. The van der Waals surface area contributed by atoms with Gasteiger partial charge in [0, 0.05) is 11.1 Å². The molecule has 1 N–H and O–H groups in total. The molecule has 0 saturated heterocycles. The average Bonchev–Trinajstić information content (AvgIpc) is 2.79. The van der Waals surface area contributed by atoms with Crippen molar-refractivity contribution >= 4 is 38.0 Å². The monoisotopic (exact) mass is 373 g/mol.